The van der Waals surface area contributed by atoms with E-state index in [1.54, 1.807) is 0 Å². The van der Waals surface area contributed by atoms with Crippen molar-refractivity contribution in [2.24, 2.45) is 0 Å². The van der Waals surface area contributed by atoms with Crippen LogP contribution in [-0.4, -0.2) is 13.2 Å². The molecule has 0 saturated heterocycles. The molecule has 1 atom stereocenters. The Balaban J connectivity index is 1.74. The van der Waals surface area contributed by atoms with Crippen molar-refractivity contribution in [1.82, 2.24) is 5.32 Å². The molecule has 0 heterocycles. The average molecular weight is 399 g/mol. The molecule has 0 saturated carbocycles. The number of benzene rings is 2. The van der Waals surface area contributed by atoms with E-state index in [-0.39, 0.29) is 0 Å². The standard InChI is InChI=1S/C16H17Br2NO/c1-12(13-3-2-4-15(18)11-13)19-9-10-20-16-7-5-14(17)6-8-16/h2-8,11-12,19H,9-10H2,1H3. The maximum Gasteiger partial charge on any atom is 0.119 e. The Morgan fingerprint density at radius 1 is 1.05 bits per heavy atom. The summed E-state index contributed by atoms with van der Waals surface area (Å²) in [6, 6.07) is 16.5. The van der Waals surface area contributed by atoms with Gasteiger partial charge >= 0.3 is 0 Å². The van der Waals surface area contributed by atoms with Gasteiger partial charge in [-0.3, -0.25) is 0 Å². The third-order valence-electron chi connectivity index (χ3n) is 2.98. The molecule has 0 radical (unpaired) electrons. The Morgan fingerprint density at radius 2 is 1.80 bits per heavy atom. The number of ether oxygens (including phenoxy) is 1. The van der Waals surface area contributed by atoms with Crippen LogP contribution in [0.25, 0.3) is 0 Å². The zero-order valence-corrected chi connectivity index (χ0v) is 14.4. The van der Waals surface area contributed by atoms with E-state index < -0.39 is 0 Å². The highest BCUT2D eigenvalue weighted by atomic mass is 79.9. The van der Waals surface area contributed by atoms with Crippen LogP contribution in [-0.2, 0) is 0 Å². The highest BCUT2D eigenvalue weighted by Crippen LogP contribution is 2.18. The molecule has 20 heavy (non-hydrogen) atoms. The SMILES string of the molecule is CC(NCCOc1ccc(Br)cc1)c1cccc(Br)c1. The van der Waals surface area contributed by atoms with Crippen LogP contribution in [0.4, 0.5) is 0 Å². The normalized spacial score (nSPS) is 12.2. The van der Waals surface area contributed by atoms with Crippen molar-refractivity contribution < 1.29 is 4.74 Å². The summed E-state index contributed by atoms with van der Waals surface area (Å²) in [5.74, 6) is 0.894. The summed E-state index contributed by atoms with van der Waals surface area (Å²) >= 11 is 6.90. The maximum atomic E-state index is 5.68. The fourth-order valence-corrected chi connectivity index (χ4v) is 2.55. The molecule has 0 fully saturated rings. The van der Waals surface area contributed by atoms with E-state index in [9.17, 15) is 0 Å². The zero-order valence-electron chi connectivity index (χ0n) is 11.3. The van der Waals surface area contributed by atoms with Crippen molar-refractivity contribution in [3.8, 4) is 5.75 Å². The van der Waals surface area contributed by atoms with Gasteiger partial charge in [0.05, 0.1) is 0 Å². The zero-order chi connectivity index (χ0) is 14.4. The number of nitrogens with one attached hydrogen (secondary N) is 1. The lowest BCUT2D eigenvalue weighted by Gasteiger charge is -2.15. The van der Waals surface area contributed by atoms with Gasteiger partial charge in [-0.2, -0.15) is 0 Å². The van der Waals surface area contributed by atoms with Gasteiger partial charge in [-0.25, -0.2) is 0 Å². The summed E-state index contributed by atoms with van der Waals surface area (Å²) in [5.41, 5.74) is 1.27. The molecule has 0 spiro atoms. The molecular weight excluding hydrogens is 382 g/mol. The first-order valence-electron chi connectivity index (χ1n) is 6.52. The topological polar surface area (TPSA) is 21.3 Å². The first kappa shape index (κ1) is 15.5. The second-order valence-electron chi connectivity index (χ2n) is 4.53. The predicted octanol–water partition coefficient (Wildman–Crippen LogP) is 4.94. The summed E-state index contributed by atoms with van der Waals surface area (Å²) in [5, 5.41) is 3.45. The molecule has 0 aliphatic rings. The van der Waals surface area contributed by atoms with E-state index in [0.29, 0.717) is 12.6 Å². The minimum atomic E-state index is 0.306. The Hall–Kier alpha value is -0.840. The largest absolute Gasteiger partial charge is 0.492 e. The van der Waals surface area contributed by atoms with Crippen LogP contribution in [0.1, 0.15) is 18.5 Å². The van der Waals surface area contributed by atoms with Gasteiger partial charge in [0.2, 0.25) is 0 Å². The van der Waals surface area contributed by atoms with Crippen LogP contribution in [0.2, 0.25) is 0 Å². The molecule has 2 aromatic carbocycles. The molecule has 4 heteroatoms. The lowest BCUT2D eigenvalue weighted by molar-refractivity contribution is 0.307. The Bertz CT molecular complexity index is 542. The molecule has 1 N–H and O–H groups in total. The van der Waals surface area contributed by atoms with Crippen molar-refractivity contribution in [3.05, 3.63) is 63.0 Å². The lowest BCUT2D eigenvalue weighted by Crippen LogP contribution is -2.24. The molecule has 1 unspecified atom stereocenters. The van der Waals surface area contributed by atoms with Crippen molar-refractivity contribution in [2.75, 3.05) is 13.2 Å². The van der Waals surface area contributed by atoms with Crippen LogP contribution < -0.4 is 10.1 Å². The third-order valence-corrected chi connectivity index (χ3v) is 4.01. The maximum absolute atomic E-state index is 5.68. The van der Waals surface area contributed by atoms with E-state index >= 15 is 0 Å². The van der Waals surface area contributed by atoms with Crippen LogP contribution >= 0.6 is 31.9 Å². The fraction of sp³-hybridized carbons (Fsp3) is 0.250. The van der Waals surface area contributed by atoms with E-state index in [0.717, 1.165) is 21.2 Å². The van der Waals surface area contributed by atoms with Crippen LogP contribution in [0.3, 0.4) is 0 Å². The van der Waals surface area contributed by atoms with E-state index in [1.165, 1.54) is 5.56 Å². The van der Waals surface area contributed by atoms with Gasteiger partial charge < -0.3 is 10.1 Å². The molecule has 2 nitrogen and oxygen atoms in total. The molecule has 2 rings (SSSR count). The minimum absolute atomic E-state index is 0.306. The van der Waals surface area contributed by atoms with Crippen LogP contribution in [0, 0.1) is 0 Å². The third kappa shape index (κ3) is 4.93. The molecule has 0 bridgehead atoms. The summed E-state index contributed by atoms with van der Waals surface area (Å²) in [4.78, 5) is 0. The number of rotatable bonds is 6. The average Bonchev–Trinajstić information content (AvgIpc) is 2.45. The minimum Gasteiger partial charge on any atom is -0.492 e. The van der Waals surface area contributed by atoms with Crippen molar-refractivity contribution >= 4 is 31.9 Å². The first-order chi connectivity index (χ1) is 9.65. The predicted molar refractivity (Wildman–Crippen MR) is 90.2 cm³/mol. The quantitative estimate of drug-likeness (QED) is 0.695. The summed E-state index contributed by atoms with van der Waals surface area (Å²) < 4.78 is 7.85. The van der Waals surface area contributed by atoms with E-state index in [4.69, 9.17) is 4.74 Å². The second-order valence-corrected chi connectivity index (χ2v) is 6.36. The van der Waals surface area contributed by atoms with Crippen LogP contribution in [0.15, 0.2) is 57.5 Å². The summed E-state index contributed by atoms with van der Waals surface area (Å²) in [6.45, 7) is 3.62. The smallest absolute Gasteiger partial charge is 0.119 e. The van der Waals surface area contributed by atoms with Gasteiger partial charge in [-0.1, -0.05) is 44.0 Å². The molecule has 106 valence electrons. The van der Waals surface area contributed by atoms with Crippen LogP contribution in [0.5, 0.6) is 5.75 Å². The van der Waals surface area contributed by atoms with Crippen molar-refractivity contribution in [2.45, 2.75) is 13.0 Å². The number of hydrogen-bond acceptors (Lipinski definition) is 2. The number of halogens is 2. The Morgan fingerprint density at radius 3 is 2.50 bits per heavy atom. The van der Waals surface area contributed by atoms with Crippen molar-refractivity contribution in [1.29, 1.82) is 0 Å². The molecule has 2 aromatic rings. The van der Waals surface area contributed by atoms with E-state index in [1.807, 2.05) is 30.3 Å². The summed E-state index contributed by atoms with van der Waals surface area (Å²) in [7, 11) is 0. The summed E-state index contributed by atoms with van der Waals surface area (Å²) in [6.07, 6.45) is 0. The van der Waals surface area contributed by atoms with Gasteiger partial charge in [0.1, 0.15) is 12.4 Å². The Labute approximate surface area is 136 Å². The highest BCUT2D eigenvalue weighted by molar-refractivity contribution is 9.10. The van der Waals surface area contributed by atoms with Gasteiger partial charge in [0, 0.05) is 21.5 Å². The fourth-order valence-electron chi connectivity index (χ4n) is 1.87. The van der Waals surface area contributed by atoms with Gasteiger partial charge in [-0.05, 0) is 48.9 Å². The van der Waals surface area contributed by atoms with Gasteiger partial charge in [0.15, 0.2) is 0 Å². The van der Waals surface area contributed by atoms with Gasteiger partial charge in [0.25, 0.3) is 0 Å². The Kier molecular flexibility index (Phi) is 6.07. The number of hydrogen-bond donors (Lipinski definition) is 1. The lowest BCUT2D eigenvalue weighted by atomic mass is 10.1. The highest BCUT2D eigenvalue weighted by Gasteiger charge is 2.04. The van der Waals surface area contributed by atoms with Gasteiger partial charge in [-0.15, -0.1) is 0 Å². The monoisotopic (exact) mass is 397 g/mol. The molecule has 0 aliphatic heterocycles. The van der Waals surface area contributed by atoms with E-state index in [2.05, 4.69) is 62.3 Å². The van der Waals surface area contributed by atoms with Crippen molar-refractivity contribution in [3.63, 3.8) is 0 Å². The first-order valence-corrected chi connectivity index (χ1v) is 8.11. The second kappa shape index (κ2) is 7.81. The molecule has 0 aromatic heterocycles. The molecular formula is C16H17Br2NO. The molecule has 0 aliphatic carbocycles. The molecule has 0 amide bonds.